The summed E-state index contributed by atoms with van der Waals surface area (Å²) in [6.45, 7) is 0.888. The fourth-order valence-corrected chi connectivity index (χ4v) is 2.83. The van der Waals surface area contributed by atoms with Crippen LogP contribution in [0, 0.1) is 0 Å². The van der Waals surface area contributed by atoms with Crippen molar-refractivity contribution in [1.82, 2.24) is 0 Å². The summed E-state index contributed by atoms with van der Waals surface area (Å²) in [6.07, 6.45) is 0. The van der Waals surface area contributed by atoms with Crippen molar-refractivity contribution in [3.8, 4) is 11.5 Å². The van der Waals surface area contributed by atoms with Gasteiger partial charge in [0, 0.05) is 16.7 Å². The molecule has 3 aromatic rings. The average Bonchev–Trinajstić information content (AvgIpc) is 2.72. The van der Waals surface area contributed by atoms with Gasteiger partial charge in [-0.05, 0) is 42.5 Å². The molecule has 1 heterocycles. The highest BCUT2D eigenvalue weighted by Crippen LogP contribution is 2.38. The van der Waals surface area contributed by atoms with E-state index in [0.29, 0.717) is 52.2 Å². The third kappa shape index (κ3) is 3.83. The van der Waals surface area contributed by atoms with Crippen molar-refractivity contribution < 1.29 is 14.3 Å². The van der Waals surface area contributed by atoms with Crippen molar-refractivity contribution in [2.24, 2.45) is 10.2 Å². The topological polar surface area (TPSA) is 60.2 Å². The van der Waals surface area contributed by atoms with Gasteiger partial charge < -0.3 is 9.47 Å². The number of carbonyl (C=O) groups excluding carboxylic acids is 1. The Balaban J connectivity index is 1.77. The van der Waals surface area contributed by atoms with Crippen LogP contribution in [0.3, 0.4) is 0 Å². The summed E-state index contributed by atoms with van der Waals surface area (Å²) in [6, 6.07) is 19.4. The molecule has 3 aromatic carbocycles. The molecule has 0 atom stereocenters. The van der Waals surface area contributed by atoms with Crippen LogP contribution in [0.5, 0.6) is 11.5 Å². The molecule has 0 amide bonds. The van der Waals surface area contributed by atoms with Gasteiger partial charge in [0.15, 0.2) is 17.3 Å². The lowest BCUT2D eigenvalue weighted by atomic mass is 10.0. The number of fused-ring (bicyclic) bond motifs is 1. The Morgan fingerprint density at radius 3 is 2.22 bits per heavy atom. The van der Waals surface area contributed by atoms with Crippen molar-refractivity contribution in [3.05, 3.63) is 82.9 Å². The molecule has 0 N–H and O–H groups in total. The maximum absolute atomic E-state index is 13.0. The van der Waals surface area contributed by atoms with Gasteiger partial charge >= 0.3 is 0 Å². The van der Waals surface area contributed by atoms with Gasteiger partial charge in [0.05, 0.1) is 11.3 Å². The first-order chi connectivity index (χ1) is 13.2. The van der Waals surface area contributed by atoms with Crippen molar-refractivity contribution in [2.75, 3.05) is 13.2 Å². The summed E-state index contributed by atoms with van der Waals surface area (Å²) in [4.78, 5) is 13.0. The Hall–Kier alpha value is -3.18. The van der Waals surface area contributed by atoms with Gasteiger partial charge in [-0.15, -0.1) is 5.11 Å². The number of hydrogen-bond acceptors (Lipinski definition) is 5. The van der Waals surface area contributed by atoms with Gasteiger partial charge in [-0.3, -0.25) is 4.79 Å². The Labute approximate surface area is 161 Å². The van der Waals surface area contributed by atoms with Crippen LogP contribution in [0.1, 0.15) is 15.9 Å². The highest BCUT2D eigenvalue weighted by atomic mass is 35.5. The monoisotopic (exact) mass is 378 g/mol. The number of nitrogens with zero attached hydrogens (tertiary/aromatic N) is 2. The largest absolute Gasteiger partial charge is 0.486 e. The predicted molar refractivity (Wildman–Crippen MR) is 103 cm³/mol. The van der Waals surface area contributed by atoms with Crippen molar-refractivity contribution in [3.63, 3.8) is 0 Å². The quantitative estimate of drug-likeness (QED) is 0.428. The van der Waals surface area contributed by atoms with Gasteiger partial charge in [-0.1, -0.05) is 29.8 Å². The third-order valence-corrected chi connectivity index (χ3v) is 4.29. The highest BCUT2D eigenvalue weighted by molar-refractivity contribution is 6.30. The lowest BCUT2D eigenvalue weighted by molar-refractivity contribution is 0.103. The Bertz CT molecular complexity index is 1000. The van der Waals surface area contributed by atoms with E-state index in [1.54, 1.807) is 36.4 Å². The van der Waals surface area contributed by atoms with E-state index in [1.807, 2.05) is 30.3 Å². The van der Waals surface area contributed by atoms with Crippen LogP contribution in [0.2, 0.25) is 5.02 Å². The second-order valence-electron chi connectivity index (χ2n) is 5.88. The van der Waals surface area contributed by atoms with Crippen LogP contribution < -0.4 is 9.47 Å². The molecular weight excluding hydrogens is 364 g/mol. The number of rotatable bonds is 4. The van der Waals surface area contributed by atoms with Gasteiger partial charge in [0.2, 0.25) is 0 Å². The standard InChI is InChI=1S/C21H15ClN2O3/c22-15-8-6-14(7-9-15)21(25)17-12-19-20(27-11-10-26-19)13-18(17)24-23-16-4-2-1-3-5-16/h1-9,12-13H,10-11H2. The molecule has 27 heavy (non-hydrogen) atoms. The first-order valence-corrected chi connectivity index (χ1v) is 8.79. The summed E-state index contributed by atoms with van der Waals surface area (Å²) in [5.41, 5.74) is 2.01. The summed E-state index contributed by atoms with van der Waals surface area (Å²) in [7, 11) is 0. The van der Waals surface area contributed by atoms with E-state index in [1.165, 1.54) is 0 Å². The fourth-order valence-electron chi connectivity index (χ4n) is 2.71. The van der Waals surface area contributed by atoms with Crippen LogP contribution >= 0.6 is 11.6 Å². The molecule has 1 aliphatic rings. The lowest BCUT2D eigenvalue weighted by Crippen LogP contribution is -2.16. The zero-order valence-electron chi connectivity index (χ0n) is 14.3. The number of ketones is 1. The SMILES string of the molecule is O=C(c1ccc(Cl)cc1)c1cc2c(cc1N=Nc1ccccc1)OCCO2. The van der Waals surface area contributed by atoms with E-state index in [4.69, 9.17) is 21.1 Å². The lowest BCUT2D eigenvalue weighted by Gasteiger charge is -2.19. The molecule has 0 saturated heterocycles. The van der Waals surface area contributed by atoms with Gasteiger partial charge in [-0.25, -0.2) is 0 Å². The zero-order valence-corrected chi connectivity index (χ0v) is 15.0. The minimum Gasteiger partial charge on any atom is -0.486 e. The molecule has 0 fully saturated rings. The normalized spacial score (nSPS) is 12.9. The van der Waals surface area contributed by atoms with E-state index in [-0.39, 0.29) is 5.78 Å². The second-order valence-corrected chi connectivity index (χ2v) is 6.32. The first-order valence-electron chi connectivity index (χ1n) is 8.41. The van der Waals surface area contributed by atoms with Crippen LogP contribution in [0.25, 0.3) is 0 Å². The Morgan fingerprint density at radius 1 is 0.852 bits per heavy atom. The molecule has 0 spiro atoms. The summed E-state index contributed by atoms with van der Waals surface area (Å²) >= 11 is 5.92. The highest BCUT2D eigenvalue weighted by Gasteiger charge is 2.21. The predicted octanol–water partition coefficient (Wildman–Crippen LogP) is 5.76. The molecule has 134 valence electrons. The molecule has 4 rings (SSSR count). The molecule has 0 saturated carbocycles. The molecule has 0 radical (unpaired) electrons. The molecule has 5 nitrogen and oxygen atoms in total. The smallest absolute Gasteiger partial charge is 0.195 e. The molecule has 0 bridgehead atoms. The van der Waals surface area contributed by atoms with Gasteiger partial charge in [0.25, 0.3) is 0 Å². The molecule has 6 heteroatoms. The fraction of sp³-hybridized carbons (Fsp3) is 0.0952. The number of azo groups is 1. The van der Waals surface area contributed by atoms with Crippen LogP contribution in [-0.2, 0) is 0 Å². The van der Waals surface area contributed by atoms with Crippen LogP contribution in [0.15, 0.2) is 77.0 Å². The molecular formula is C21H15ClN2O3. The third-order valence-electron chi connectivity index (χ3n) is 4.04. The summed E-state index contributed by atoms with van der Waals surface area (Å²) in [5, 5.41) is 9.09. The molecule has 0 aromatic heterocycles. The van der Waals surface area contributed by atoms with Gasteiger partial charge in [-0.2, -0.15) is 5.11 Å². The average molecular weight is 379 g/mol. The van der Waals surface area contributed by atoms with E-state index in [9.17, 15) is 4.79 Å². The molecule has 0 aliphatic carbocycles. The van der Waals surface area contributed by atoms with Crippen molar-refractivity contribution in [2.45, 2.75) is 0 Å². The second kappa shape index (κ2) is 7.60. The number of ether oxygens (including phenoxy) is 2. The van der Waals surface area contributed by atoms with Crippen LogP contribution in [0.4, 0.5) is 11.4 Å². The van der Waals surface area contributed by atoms with Crippen molar-refractivity contribution >= 4 is 28.8 Å². The minimum atomic E-state index is -0.189. The minimum absolute atomic E-state index is 0.189. The number of carbonyl (C=O) groups is 1. The van der Waals surface area contributed by atoms with E-state index in [0.717, 1.165) is 0 Å². The Morgan fingerprint density at radius 2 is 1.52 bits per heavy atom. The number of benzene rings is 3. The van der Waals surface area contributed by atoms with E-state index >= 15 is 0 Å². The number of hydrogen-bond donors (Lipinski definition) is 0. The number of halogens is 1. The van der Waals surface area contributed by atoms with E-state index < -0.39 is 0 Å². The summed E-state index contributed by atoms with van der Waals surface area (Å²) < 4.78 is 11.2. The first kappa shape index (κ1) is 17.2. The van der Waals surface area contributed by atoms with Crippen molar-refractivity contribution in [1.29, 1.82) is 0 Å². The van der Waals surface area contributed by atoms with Gasteiger partial charge in [0.1, 0.15) is 18.9 Å². The maximum Gasteiger partial charge on any atom is 0.195 e. The van der Waals surface area contributed by atoms with E-state index in [2.05, 4.69) is 10.2 Å². The molecule has 0 unspecified atom stereocenters. The zero-order chi connectivity index (χ0) is 18.6. The maximum atomic E-state index is 13.0. The Kier molecular flexibility index (Phi) is 4.85. The molecule has 1 aliphatic heterocycles. The summed E-state index contributed by atoms with van der Waals surface area (Å²) in [5.74, 6) is 0.888. The van der Waals surface area contributed by atoms with Crippen LogP contribution in [-0.4, -0.2) is 19.0 Å².